The Morgan fingerprint density at radius 3 is 2.30 bits per heavy atom. The highest BCUT2D eigenvalue weighted by Crippen LogP contribution is 2.34. The van der Waals surface area contributed by atoms with E-state index in [-0.39, 0.29) is 11.3 Å². The van der Waals surface area contributed by atoms with Gasteiger partial charge in [0, 0.05) is 43.1 Å². The highest BCUT2D eigenvalue weighted by atomic mass is 16.7. The summed E-state index contributed by atoms with van der Waals surface area (Å²) in [5.74, 6) is 1.23. The van der Waals surface area contributed by atoms with Crippen molar-refractivity contribution in [2.75, 3.05) is 36.5 Å². The first kappa shape index (κ1) is 18.2. The summed E-state index contributed by atoms with van der Waals surface area (Å²) in [6, 6.07) is 12.3. The molecule has 0 aliphatic carbocycles. The maximum Gasteiger partial charge on any atom is 0.225 e. The van der Waals surface area contributed by atoms with E-state index in [2.05, 4.69) is 49.2 Å². The lowest BCUT2D eigenvalue weighted by molar-refractivity contribution is -0.169. The van der Waals surface area contributed by atoms with Crippen LogP contribution in [-0.4, -0.2) is 47.6 Å². The van der Waals surface area contributed by atoms with Crippen molar-refractivity contribution in [3.63, 3.8) is 0 Å². The lowest BCUT2D eigenvalue weighted by Gasteiger charge is -2.38. The van der Waals surface area contributed by atoms with E-state index >= 15 is 0 Å². The Kier molecular flexibility index (Phi) is 4.78. The van der Waals surface area contributed by atoms with Gasteiger partial charge in [0.15, 0.2) is 5.79 Å². The molecule has 6 heteroatoms. The molecule has 0 radical (unpaired) electrons. The molecule has 1 aromatic heterocycles. The second-order valence-corrected chi connectivity index (χ2v) is 8.27. The molecule has 1 N–H and O–H groups in total. The van der Waals surface area contributed by atoms with Crippen molar-refractivity contribution >= 4 is 11.8 Å². The Bertz CT molecular complexity index is 773. The zero-order valence-corrected chi connectivity index (χ0v) is 16.4. The van der Waals surface area contributed by atoms with Crippen LogP contribution in [0.5, 0.6) is 0 Å². The molecule has 6 nitrogen and oxygen atoms in total. The molecule has 27 heavy (non-hydrogen) atoms. The first-order valence-electron chi connectivity index (χ1n) is 9.68. The number of piperidine rings is 1. The Morgan fingerprint density at radius 2 is 1.67 bits per heavy atom. The van der Waals surface area contributed by atoms with Gasteiger partial charge in [-0.05, 0) is 20.8 Å². The monoisotopic (exact) mass is 368 g/mol. The van der Waals surface area contributed by atoms with Gasteiger partial charge in [-0.15, -0.1) is 0 Å². The molecule has 1 aromatic carbocycles. The number of rotatable bonds is 3. The average molecular weight is 368 g/mol. The van der Waals surface area contributed by atoms with E-state index in [4.69, 9.17) is 19.4 Å². The van der Waals surface area contributed by atoms with Crippen molar-refractivity contribution in [2.24, 2.45) is 0 Å². The minimum Gasteiger partial charge on any atom is -0.356 e. The van der Waals surface area contributed by atoms with Crippen molar-refractivity contribution in [2.45, 2.75) is 44.9 Å². The quantitative estimate of drug-likeness (QED) is 0.891. The molecule has 2 aliphatic heterocycles. The van der Waals surface area contributed by atoms with E-state index in [1.807, 2.05) is 18.2 Å². The van der Waals surface area contributed by atoms with Gasteiger partial charge in [-0.1, -0.05) is 30.3 Å². The topological polar surface area (TPSA) is 59.5 Å². The van der Waals surface area contributed by atoms with Crippen LogP contribution < -0.4 is 10.2 Å². The van der Waals surface area contributed by atoms with Crippen molar-refractivity contribution in [3.8, 4) is 11.3 Å². The number of aromatic nitrogens is 2. The fourth-order valence-electron chi connectivity index (χ4n) is 3.61. The van der Waals surface area contributed by atoms with Crippen LogP contribution in [0.4, 0.5) is 11.8 Å². The summed E-state index contributed by atoms with van der Waals surface area (Å²) in [7, 11) is 0. The molecule has 0 atom stereocenters. The number of ether oxygens (including phenoxy) is 2. The standard InChI is InChI=1S/C21H28N4O2/c1-20(2,3)24-19-22-17(16-7-5-4-6-8-16)15-18(23-19)25-11-9-21(10-12-25)26-13-14-27-21/h4-8,15H,9-14H2,1-3H3,(H,22,23,24). The molecule has 0 amide bonds. The van der Waals surface area contributed by atoms with Gasteiger partial charge >= 0.3 is 0 Å². The van der Waals surface area contributed by atoms with E-state index in [0.29, 0.717) is 19.2 Å². The molecule has 0 bridgehead atoms. The first-order valence-corrected chi connectivity index (χ1v) is 9.68. The number of benzene rings is 1. The van der Waals surface area contributed by atoms with Gasteiger partial charge in [-0.3, -0.25) is 0 Å². The van der Waals surface area contributed by atoms with Crippen LogP contribution in [0, 0.1) is 0 Å². The number of hydrogen-bond acceptors (Lipinski definition) is 6. The van der Waals surface area contributed by atoms with Gasteiger partial charge in [0.1, 0.15) is 5.82 Å². The summed E-state index contributed by atoms with van der Waals surface area (Å²) in [6.45, 7) is 9.47. The van der Waals surface area contributed by atoms with Gasteiger partial charge in [0.05, 0.1) is 18.9 Å². The first-order chi connectivity index (χ1) is 12.9. The van der Waals surface area contributed by atoms with Gasteiger partial charge in [-0.25, -0.2) is 4.98 Å². The Labute approximate surface area is 160 Å². The fourth-order valence-corrected chi connectivity index (χ4v) is 3.61. The molecule has 2 fully saturated rings. The lowest BCUT2D eigenvalue weighted by atomic mass is 10.0. The van der Waals surface area contributed by atoms with Crippen LogP contribution in [0.3, 0.4) is 0 Å². The molecular formula is C21H28N4O2. The van der Waals surface area contributed by atoms with Crippen LogP contribution in [-0.2, 0) is 9.47 Å². The minimum atomic E-state index is -0.377. The number of hydrogen-bond donors (Lipinski definition) is 1. The third kappa shape index (κ3) is 4.22. The van der Waals surface area contributed by atoms with Crippen molar-refractivity contribution < 1.29 is 9.47 Å². The van der Waals surface area contributed by atoms with E-state index in [9.17, 15) is 0 Å². The molecule has 2 aromatic rings. The largest absolute Gasteiger partial charge is 0.356 e. The molecule has 4 rings (SSSR count). The minimum absolute atomic E-state index is 0.107. The normalized spacial score (nSPS) is 19.4. The summed E-state index contributed by atoms with van der Waals surface area (Å²) < 4.78 is 11.7. The smallest absolute Gasteiger partial charge is 0.225 e. The van der Waals surface area contributed by atoms with Crippen LogP contribution in [0.1, 0.15) is 33.6 Å². The molecule has 1 spiro atoms. The van der Waals surface area contributed by atoms with E-state index in [1.54, 1.807) is 0 Å². The molecule has 2 saturated heterocycles. The van der Waals surface area contributed by atoms with Crippen molar-refractivity contribution in [1.82, 2.24) is 9.97 Å². The number of nitrogens with one attached hydrogen (secondary N) is 1. The van der Waals surface area contributed by atoms with Crippen molar-refractivity contribution in [1.29, 1.82) is 0 Å². The highest BCUT2D eigenvalue weighted by molar-refractivity contribution is 5.65. The molecule has 0 saturated carbocycles. The maximum absolute atomic E-state index is 5.85. The van der Waals surface area contributed by atoms with E-state index < -0.39 is 0 Å². The Balaban J connectivity index is 1.62. The summed E-state index contributed by atoms with van der Waals surface area (Å²) in [5.41, 5.74) is 1.92. The average Bonchev–Trinajstić information content (AvgIpc) is 3.09. The summed E-state index contributed by atoms with van der Waals surface area (Å²) in [6.07, 6.45) is 1.72. The second kappa shape index (κ2) is 7.09. The fraction of sp³-hybridized carbons (Fsp3) is 0.524. The maximum atomic E-state index is 5.85. The second-order valence-electron chi connectivity index (χ2n) is 8.27. The predicted molar refractivity (Wildman–Crippen MR) is 107 cm³/mol. The molecule has 3 heterocycles. The molecular weight excluding hydrogens is 340 g/mol. The van der Waals surface area contributed by atoms with Gasteiger partial charge in [0.25, 0.3) is 0 Å². The summed E-state index contributed by atoms with van der Waals surface area (Å²) >= 11 is 0. The third-order valence-electron chi connectivity index (χ3n) is 4.93. The van der Waals surface area contributed by atoms with E-state index in [1.165, 1.54) is 0 Å². The van der Waals surface area contributed by atoms with Gasteiger partial charge < -0.3 is 19.7 Å². The number of anilines is 2. The van der Waals surface area contributed by atoms with Crippen LogP contribution in [0.15, 0.2) is 36.4 Å². The van der Waals surface area contributed by atoms with Crippen LogP contribution in [0.25, 0.3) is 11.3 Å². The SMILES string of the molecule is CC(C)(C)Nc1nc(-c2ccccc2)cc(N2CCC3(CC2)OCCO3)n1. The molecule has 144 valence electrons. The van der Waals surface area contributed by atoms with Gasteiger partial charge in [0.2, 0.25) is 5.95 Å². The lowest BCUT2D eigenvalue weighted by Crippen LogP contribution is -2.45. The zero-order valence-electron chi connectivity index (χ0n) is 16.4. The zero-order chi connectivity index (χ0) is 18.9. The Morgan fingerprint density at radius 1 is 1.00 bits per heavy atom. The summed E-state index contributed by atoms with van der Waals surface area (Å²) in [5, 5.41) is 3.42. The predicted octanol–water partition coefficient (Wildman–Crippen LogP) is 3.70. The third-order valence-corrected chi connectivity index (χ3v) is 4.93. The molecule has 0 unspecified atom stereocenters. The number of nitrogens with zero attached hydrogens (tertiary/aromatic N) is 3. The summed E-state index contributed by atoms with van der Waals surface area (Å²) in [4.78, 5) is 11.9. The van der Waals surface area contributed by atoms with E-state index in [0.717, 1.165) is 43.0 Å². The molecule has 2 aliphatic rings. The van der Waals surface area contributed by atoms with Crippen LogP contribution in [0.2, 0.25) is 0 Å². The van der Waals surface area contributed by atoms with Crippen LogP contribution >= 0.6 is 0 Å². The Hall–Kier alpha value is -2.18. The van der Waals surface area contributed by atoms with Crippen molar-refractivity contribution in [3.05, 3.63) is 36.4 Å². The highest BCUT2D eigenvalue weighted by Gasteiger charge is 2.40. The van der Waals surface area contributed by atoms with Gasteiger partial charge in [-0.2, -0.15) is 4.98 Å².